The van der Waals surface area contributed by atoms with Crippen LogP contribution in [-0.2, 0) is 4.79 Å². The van der Waals surface area contributed by atoms with Crippen LogP contribution in [0.15, 0.2) is 71.8 Å². The van der Waals surface area contributed by atoms with Crippen LogP contribution in [0.2, 0.25) is 0 Å². The number of piperidine rings is 1. The first-order valence-corrected chi connectivity index (χ1v) is 7.47. The normalized spacial score (nSPS) is 18.9. The van der Waals surface area contributed by atoms with Gasteiger partial charge in [0.05, 0.1) is 0 Å². The summed E-state index contributed by atoms with van der Waals surface area (Å²) in [6.07, 6.45) is 3.99. The first-order chi connectivity index (χ1) is 10.7. The second kappa shape index (κ2) is 7.91. The Kier molecular flexibility index (Phi) is 5.91. The molecule has 0 amide bonds. The van der Waals surface area contributed by atoms with Gasteiger partial charge in [0.15, 0.2) is 5.78 Å². The lowest BCUT2D eigenvalue weighted by Crippen LogP contribution is -2.34. The minimum Gasteiger partial charge on any atom is -0.298 e. The molecule has 3 rings (SSSR count). The Morgan fingerprint density at radius 2 is 1.17 bits per heavy atom. The minimum absolute atomic E-state index is 0. The van der Waals surface area contributed by atoms with Crippen LogP contribution in [-0.4, -0.2) is 30.8 Å². The number of nitrogens with zero attached hydrogens (tertiary/aromatic N) is 1. The van der Waals surface area contributed by atoms with Crippen LogP contribution >= 0.6 is 12.4 Å². The van der Waals surface area contributed by atoms with Crippen molar-refractivity contribution in [3.8, 4) is 0 Å². The standard InChI is InChI=1S/C20H19NO.ClH/c1-21-14-18(12-16-8-4-2-5-9-16)20(22)19(15-21)13-17-10-6-3-7-11-17;/h2-13H,14-15H2,1H3;1H/b18-12-,19-13+;. The van der Waals surface area contributed by atoms with Crippen LogP contribution < -0.4 is 0 Å². The lowest BCUT2D eigenvalue weighted by molar-refractivity contribution is -0.113. The van der Waals surface area contributed by atoms with Crippen molar-refractivity contribution < 1.29 is 4.79 Å². The molecule has 0 saturated carbocycles. The van der Waals surface area contributed by atoms with E-state index in [2.05, 4.69) is 4.90 Å². The third-order valence-corrected chi connectivity index (χ3v) is 3.74. The molecule has 2 nitrogen and oxygen atoms in total. The van der Waals surface area contributed by atoms with Gasteiger partial charge in [0.25, 0.3) is 0 Å². The summed E-state index contributed by atoms with van der Waals surface area (Å²) < 4.78 is 0. The predicted octanol–water partition coefficient (Wildman–Crippen LogP) is 4.09. The van der Waals surface area contributed by atoms with Crippen molar-refractivity contribution >= 4 is 30.3 Å². The lowest BCUT2D eigenvalue weighted by atomic mass is 9.94. The largest absolute Gasteiger partial charge is 0.298 e. The van der Waals surface area contributed by atoms with Crippen molar-refractivity contribution in [3.63, 3.8) is 0 Å². The second-order valence-electron chi connectivity index (χ2n) is 5.66. The fourth-order valence-corrected chi connectivity index (χ4v) is 2.71. The van der Waals surface area contributed by atoms with E-state index in [9.17, 15) is 4.79 Å². The Morgan fingerprint density at radius 1 is 0.783 bits per heavy atom. The molecule has 0 N–H and O–H groups in total. The second-order valence-corrected chi connectivity index (χ2v) is 5.66. The monoisotopic (exact) mass is 325 g/mol. The summed E-state index contributed by atoms with van der Waals surface area (Å²) in [6.45, 7) is 1.39. The molecule has 1 aliphatic heterocycles. The van der Waals surface area contributed by atoms with Gasteiger partial charge in [0.1, 0.15) is 0 Å². The van der Waals surface area contributed by atoms with Crippen LogP contribution in [0.25, 0.3) is 12.2 Å². The van der Waals surface area contributed by atoms with E-state index >= 15 is 0 Å². The first kappa shape index (κ1) is 17.2. The molecule has 0 radical (unpaired) electrons. The first-order valence-electron chi connectivity index (χ1n) is 7.47. The maximum absolute atomic E-state index is 12.7. The van der Waals surface area contributed by atoms with Crippen molar-refractivity contribution in [1.29, 1.82) is 0 Å². The van der Waals surface area contributed by atoms with Crippen LogP contribution in [0.4, 0.5) is 0 Å². The molecule has 1 aliphatic rings. The van der Waals surface area contributed by atoms with Gasteiger partial charge in [-0.05, 0) is 30.3 Å². The van der Waals surface area contributed by atoms with Gasteiger partial charge >= 0.3 is 0 Å². The van der Waals surface area contributed by atoms with E-state index in [1.807, 2.05) is 79.9 Å². The van der Waals surface area contributed by atoms with Crippen LogP contribution in [0.3, 0.4) is 0 Å². The van der Waals surface area contributed by atoms with E-state index in [1.54, 1.807) is 0 Å². The molecule has 0 spiro atoms. The van der Waals surface area contributed by atoms with Gasteiger partial charge in [-0.1, -0.05) is 60.7 Å². The molecule has 1 saturated heterocycles. The Bertz CT molecular complexity index is 658. The molecule has 0 aliphatic carbocycles. The van der Waals surface area contributed by atoms with Crippen molar-refractivity contribution in [2.75, 3.05) is 20.1 Å². The van der Waals surface area contributed by atoms with Gasteiger partial charge in [-0.3, -0.25) is 9.69 Å². The summed E-state index contributed by atoms with van der Waals surface area (Å²) in [4.78, 5) is 14.9. The number of ketones is 1. The van der Waals surface area contributed by atoms with Gasteiger partial charge in [-0.2, -0.15) is 0 Å². The zero-order valence-electron chi connectivity index (χ0n) is 13.1. The molecule has 0 atom stereocenters. The molecule has 3 heteroatoms. The third kappa shape index (κ3) is 4.41. The quantitative estimate of drug-likeness (QED) is 0.775. The average molecular weight is 326 g/mol. The van der Waals surface area contributed by atoms with Crippen molar-refractivity contribution in [2.45, 2.75) is 0 Å². The van der Waals surface area contributed by atoms with Gasteiger partial charge in [0.2, 0.25) is 0 Å². The number of halogens is 1. The molecule has 2 aromatic rings. The van der Waals surface area contributed by atoms with E-state index in [0.29, 0.717) is 13.1 Å². The molecule has 0 unspecified atom stereocenters. The number of benzene rings is 2. The van der Waals surface area contributed by atoms with E-state index in [4.69, 9.17) is 0 Å². The van der Waals surface area contributed by atoms with Gasteiger partial charge in [-0.25, -0.2) is 0 Å². The topological polar surface area (TPSA) is 20.3 Å². The highest BCUT2D eigenvalue weighted by Crippen LogP contribution is 2.21. The predicted molar refractivity (Wildman–Crippen MR) is 98.6 cm³/mol. The van der Waals surface area contributed by atoms with Crippen LogP contribution in [0.5, 0.6) is 0 Å². The SMILES string of the molecule is CN1C/C(=C/c2ccccc2)C(=O)/C(=C/c2ccccc2)C1.Cl. The van der Waals surface area contributed by atoms with Crippen LogP contribution in [0.1, 0.15) is 11.1 Å². The number of hydrogen-bond donors (Lipinski definition) is 0. The number of hydrogen-bond acceptors (Lipinski definition) is 2. The summed E-state index contributed by atoms with van der Waals surface area (Å²) in [5, 5.41) is 0. The van der Waals surface area contributed by atoms with Crippen molar-refractivity contribution in [3.05, 3.63) is 82.9 Å². The summed E-state index contributed by atoms with van der Waals surface area (Å²) >= 11 is 0. The third-order valence-electron chi connectivity index (χ3n) is 3.74. The summed E-state index contributed by atoms with van der Waals surface area (Å²) in [6, 6.07) is 20.0. The average Bonchev–Trinajstić information content (AvgIpc) is 2.54. The van der Waals surface area contributed by atoms with Gasteiger partial charge < -0.3 is 0 Å². The molecule has 23 heavy (non-hydrogen) atoms. The molecule has 1 fully saturated rings. The van der Waals surface area contributed by atoms with E-state index < -0.39 is 0 Å². The zero-order valence-corrected chi connectivity index (χ0v) is 13.9. The number of rotatable bonds is 2. The highest BCUT2D eigenvalue weighted by atomic mass is 35.5. The highest BCUT2D eigenvalue weighted by Gasteiger charge is 2.23. The number of carbonyl (C=O) groups excluding carboxylic acids is 1. The summed E-state index contributed by atoms with van der Waals surface area (Å²) in [5.41, 5.74) is 3.84. The van der Waals surface area contributed by atoms with E-state index in [1.165, 1.54) is 0 Å². The van der Waals surface area contributed by atoms with E-state index in [0.717, 1.165) is 22.3 Å². The number of Topliss-reactive ketones (excluding diaryl/α,β-unsaturated/α-hetero) is 1. The Hall–Kier alpha value is -2.16. The maximum atomic E-state index is 12.7. The molecular weight excluding hydrogens is 306 g/mol. The maximum Gasteiger partial charge on any atom is 0.187 e. The molecule has 1 heterocycles. The number of carbonyl (C=O) groups is 1. The Morgan fingerprint density at radius 3 is 1.57 bits per heavy atom. The summed E-state index contributed by atoms with van der Waals surface area (Å²) in [5.74, 6) is 0.158. The van der Waals surface area contributed by atoms with E-state index in [-0.39, 0.29) is 18.2 Å². The molecule has 0 aromatic heterocycles. The minimum atomic E-state index is 0. The Balaban J connectivity index is 0.00000192. The molecule has 0 bridgehead atoms. The number of likely N-dealkylation sites (tertiary alicyclic amines) is 1. The zero-order chi connectivity index (χ0) is 15.4. The lowest BCUT2D eigenvalue weighted by Gasteiger charge is -2.26. The van der Waals surface area contributed by atoms with Crippen molar-refractivity contribution in [2.24, 2.45) is 0 Å². The molecular formula is C20H20ClNO. The van der Waals surface area contributed by atoms with Gasteiger partial charge in [0, 0.05) is 24.2 Å². The fraction of sp³-hybridized carbons (Fsp3) is 0.150. The van der Waals surface area contributed by atoms with Crippen molar-refractivity contribution in [1.82, 2.24) is 4.90 Å². The Labute approximate surface area is 143 Å². The van der Waals surface area contributed by atoms with Gasteiger partial charge in [-0.15, -0.1) is 12.4 Å². The molecule has 2 aromatic carbocycles. The summed E-state index contributed by atoms with van der Waals surface area (Å²) in [7, 11) is 2.05. The van der Waals surface area contributed by atoms with Crippen LogP contribution in [0, 0.1) is 0 Å². The fourth-order valence-electron chi connectivity index (χ4n) is 2.71. The number of likely N-dealkylation sites (N-methyl/N-ethyl adjacent to an activating group) is 1. The smallest absolute Gasteiger partial charge is 0.187 e. The molecule has 118 valence electrons. The highest BCUT2D eigenvalue weighted by molar-refractivity contribution is 6.14.